The first-order chi connectivity index (χ1) is 8.90. The second kappa shape index (κ2) is 5.52. The lowest BCUT2D eigenvalue weighted by Gasteiger charge is -2.11. The number of nitrogens with two attached hydrogens (primary N) is 1. The Labute approximate surface area is 128 Å². The first kappa shape index (κ1) is 14.4. The Morgan fingerprint density at radius 2 is 1.68 bits per heavy atom. The van der Waals surface area contributed by atoms with Gasteiger partial charge in [-0.2, -0.15) is 0 Å². The molecule has 2 aromatic rings. The molecule has 0 spiro atoms. The lowest BCUT2D eigenvalue weighted by molar-refractivity contribution is 0.601. The third-order valence-electron chi connectivity index (χ3n) is 2.36. The van der Waals surface area contributed by atoms with Crippen molar-refractivity contribution in [3.8, 4) is 0 Å². The molecule has 3 N–H and O–H groups in total. The molecule has 4 nitrogen and oxygen atoms in total. The minimum Gasteiger partial charge on any atom is -0.399 e. The van der Waals surface area contributed by atoms with Gasteiger partial charge in [0.1, 0.15) is 4.90 Å². The maximum absolute atomic E-state index is 12.3. The van der Waals surface area contributed by atoms with Crippen molar-refractivity contribution in [2.45, 2.75) is 4.90 Å². The molecule has 0 aliphatic carbocycles. The zero-order valence-corrected chi connectivity index (χ0v) is 13.6. The van der Waals surface area contributed by atoms with Gasteiger partial charge in [0.15, 0.2) is 0 Å². The van der Waals surface area contributed by atoms with Gasteiger partial charge in [0.2, 0.25) is 0 Å². The normalized spacial score (nSPS) is 11.3. The van der Waals surface area contributed by atoms with Gasteiger partial charge in [0.05, 0.1) is 5.69 Å². The topological polar surface area (TPSA) is 72.2 Å². The summed E-state index contributed by atoms with van der Waals surface area (Å²) in [4.78, 5) is 0.100. The molecule has 0 saturated heterocycles. The Kier molecular flexibility index (Phi) is 4.17. The standard InChI is InChI=1S/C12H10Br2N2O2S/c13-9-3-1-2-4-11(9)16-19(17,18)12-7-8(15)5-6-10(12)14/h1-7,16H,15H2. The lowest BCUT2D eigenvalue weighted by atomic mass is 10.3. The minimum atomic E-state index is -3.70. The fraction of sp³-hybridized carbons (Fsp3) is 0. The van der Waals surface area contributed by atoms with E-state index in [-0.39, 0.29) is 4.90 Å². The van der Waals surface area contributed by atoms with Crippen molar-refractivity contribution in [3.05, 3.63) is 51.4 Å². The fourth-order valence-electron chi connectivity index (χ4n) is 1.47. The SMILES string of the molecule is Nc1ccc(Br)c(S(=O)(=O)Nc2ccccc2Br)c1. The zero-order valence-electron chi connectivity index (χ0n) is 9.60. The minimum absolute atomic E-state index is 0.100. The summed E-state index contributed by atoms with van der Waals surface area (Å²) in [6.07, 6.45) is 0. The zero-order chi connectivity index (χ0) is 14.0. The number of hydrogen-bond acceptors (Lipinski definition) is 3. The highest BCUT2D eigenvalue weighted by atomic mass is 79.9. The number of benzene rings is 2. The largest absolute Gasteiger partial charge is 0.399 e. The molecule has 0 atom stereocenters. The van der Waals surface area contributed by atoms with Gasteiger partial charge in [-0.15, -0.1) is 0 Å². The van der Waals surface area contributed by atoms with Crippen LogP contribution in [0.3, 0.4) is 0 Å². The van der Waals surface area contributed by atoms with Crippen molar-refractivity contribution < 1.29 is 8.42 Å². The molecule has 7 heteroatoms. The first-order valence-corrected chi connectivity index (χ1v) is 8.29. The number of hydrogen-bond donors (Lipinski definition) is 2. The number of rotatable bonds is 3. The first-order valence-electron chi connectivity index (χ1n) is 5.22. The number of sulfonamides is 1. The van der Waals surface area contributed by atoms with Crippen LogP contribution in [0.4, 0.5) is 11.4 Å². The molecule has 0 aliphatic heterocycles. The van der Waals surface area contributed by atoms with E-state index in [9.17, 15) is 8.42 Å². The molecule has 0 amide bonds. The van der Waals surface area contributed by atoms with Crippen LogP contribution in [0.15, 0.2) is 56.3 Å². The molecule has 2 aromatic carbocycles. The Bertz CT molecular complexity index is 717. The molecule has 0 radical (unpaired) electrons. The monoisotopic (exact) mass is 404 g/mol. The molecule has 0 heterocycles. The van der Waals surface area contributed by atoms with Crippen LogP contribution >= 0.6 is 31.9 Å². The smallest absolute Gasteiger partial charge is 0.263 e. The van der Waals surface area contributed by atoms with Gasteiger partial charge in [-0.05, 0) is 62.2 Å². The number of nitrogen functional groups attached to an aromatic ring is 1. The summed E-state index contributed by atoms with van der Waals surface area (Å²) in [5.74, 6) is 0. The van der Waals surface area contributed by atoms with Crippen LogP contribution in [0.1, 0.15) is 0 Å². The van der Waals surface area contributed by atoms with Crippen LogP contribution in [-0.4, -0.2) is 8.42 Å². The summed E-state index contributed by atoms with van der Waals surface area (Å²) >= 11 is 6.50. The van der Waals surface area contributed by atoms with E-state index < -0.39 is 10.0 Å². The van der Waals surface area contributed by atoms with Gasteiger partial charge >= 0.3 is 0 Å². The van der Waals surface area contributed by atoms with Gasteiger partial charge in [-0.3, -0.25) is 4.72 Å². The molecule has 0 unspecified atom stereocenters. The van der Waals surface area contributed by atoms with E-state index in [0.717, 1.165) is 0 Å². The summed E-state index contributed by atoms with van der Waals surface area (Å²) < 4.78 is 28.3. The lowest BCUT2D eigenvalue weighted by Crippen LogP contribution is -2.14. The summed E-state index contributed by atoms with van der Waals surface area (Å²) in [7, 11) is -3.70. The second-order valence-electron chi connectivity index (χ2n) is 3.78. The highest BCUT2D eigenvalue weighted by Gasteiger charge is 2.18. The third-order valence-corrected chi connectivity index (χ3v) is 5.41. The Balaban J connectivity index is 2.44. The Morgan fingerprint density at radius 3 is 2.37 bits per heavy atom. The molecule has 19 heavy (non-hydrogen) atoms. The summed E-state index contributed by atoms with van der Waals surface area (Å²) in [6, 6.07) is 11.6. The molecular weight excluding hydrogens is 396 g/mol. The third kappa shape index (κ3) is 3.29. The van der Waals surface area contributed by atoms with E-state index in [0.29, 0.717) is 20.3 Å². The average Bonchev–Trinajstić information content (AvgIpc) is 2.35. The van der Waals surface area contributed by atoms with E-state index in [2.05, 4.69) is 36.6 Å². The van der Waals surface area contributed by atoms with Crippen LogP contribution < -0.4 is 10.5 Å². The van der Waals surface area contributed by atoms with E-state index in [4.69, 9.17) is 5.73 Å². The van der Waals surface area contributed by atoms with E-state index in [1.807, 2.05) is 0 Å². The summed E-state index contributed by atoms with van der Waals surface area (Å²) in [5.41, 5.74) is 6.48. The summed E-state index contributed by atoms with van der Waals surface area (Å²) in [6.45, 7) is 0. The van der Waals surface area contributed by atoms with Crippen LogP contribution in [0.5, 0.6) is 0 Å². The maximum atomic E-state index is 12.3. The number of nitrogens with one attached hydrogen (secondary N) is 1. The van der Waals surface area contributed by atoms with Crippen LogP contribution in [-0.2, 0) is 10.0 Å². The van der Waals surface area contributed by atoms with Crippen molar-refractivity contribution in [3.63, 3.8) is 0 Å². The molecule has 0 bridgehead atoms. The van der Waals surface area contributed by atoms with Gasteiger partial charge in [-0.25, -0.2) is 8.42 Å². The quantitative estimate of drug-likeness (QED) is 0.766. The van der Waals surface area contributed by atoms with Crippen LogP contribution in [0, 0.1) is 0 Å². The average molecular weight is 406 g/mol. The van der Waals surface area contributed by atoms with Gasteiger partial charge in [-0.1, -0.05) is 12.1 Å². The molecule has 2 rings (SSSR count). The summed E-state index contributed by atoms with van der Waals surface area (Å²) in [5, 5.41) is 0. The van der Waals surface area contributed by atoms with Crippen molar-refractivity contribution in [1.29, 1.82) is 0 Å². The van der Waals surface area contributed by atoms with E-state index in [1.165, 1.54) is 6.07 Å². The van der Waals surface area contributed by atoms with E-state index >= 15 is 0 Å². The number of anilines is 2. The molecular formula is C12H10Br2N2O2S. The predicted octanol–water partition coefficient (Wildman–Crippen LogP) is 3.59. The van der Waals surface area contributed by atoms with Crippen molar-refractivity contribution in [1.82, 2.24) is 0 Å². The Morgan fingerprint density at radius 1 is 1.00 bits per heavy atom. The highest BCUT2D eigenvalue weighted by Crippen LogP contribution is 2.28. The van der Waals surface area contributed by atoms with Crippen molar-refractivity contribution in [2.24, 2.45) is 0 Å². The number of para-hydroxylation sites is 1. The van der Waals surface area contributed by atoms with Crippen molar-refractivity contribution in [2.75, 3.05) is 10.5 Å². The van der Waals surface area contributed by atoms with E-state index in [1.54, 1.807) is 36.4 Å². The number of halogens is 2. The molecule has 0 saturated carbocycles. The fourth-order valence-corrected chi connectivity index (χ4v) is 4.06. The van der Waals surface area contributed by atoms with Gasteiger partial charge in [0, 0.05) is 14.6 Å². The second-order valence-corrected chi connectivity index (χ2v) is 7.13. The molecule has 100 valence electrons. The Hall–Kier alpha value is -1.05. The van der Waals surface area contributed by atoms with Gasteiger partial charge < -0.3 is 5.73 Å². The van der Waals surface area contributed by atoms with Gasteiger partial charge in [0.25, 0.3) is 10.0 Å². The highest BCUT2D eigenvalue weighted by molar-refractivity contribution is 9.11. The van der Waals surface area contributed by atoms with Crippen molar-refractivity contribution >= 4 is 53.3 Å². The predicted molar refractivity (Wildman–Crippen MR) is 83.5 cm³/mol. The van der Waals surface area contributed by atoms with Crippen LogP contribution in [0.25, 0.3) is 0 Å². The molecule has 0 aromatic heterocycles. The maximum Gasteiger partial charge on any atom is 0.263 e. The molecule has 0 aliphatic rings. The molecule has 0 fully saturated rings. The van der Waals surface area contributed by atoms with Crippen LogP contribution in [0.2, 0.25) is 0 Å².